The Morgan fingerprint density at radius 1 is 1.06 bits per heavy atom. The molecular formula is C22H20N4O4S. The first-order chi connectivity index (χ1) is 15.2. The van der Waals surface area contributed by atoms with Gasteiger partial charge in [0.05, 0.1) is 32.0 Å². The average molecular weight is 436 g/mol. The second-order valence-electron chi connectivity index (χ2n) is 6.58. The first-order valence-electron chi connectivity index (χ1n) is 9.41. The van der Waals surface area contributed by atoms with Crippen LogP contribution in [0.5, 0.6) is 11.5 Å². The highest BCUT2D eigenvalue weighted by atomic mass is 32.1. The smallest absolute Gasteiger partial charge is 0.338 e. The third-order valence-electron chi connectivity index (χ3n) is 4.53. The molecule has 4 rings (SSSR count). The molecule has 4 aromatic rings. The van der Waals surface area contributed by atoms with E-state index in [4.69, 9.17) is 14.2 Å². The van der Waals surface area contributed by atoms with E-state index < -0.39 is 5.97 Å². The molecule has 0 N–H and O–H groups in total. The Kier molecular flexibility index (Phi) is 6.23. The molecule has 0 radical (unpaired) electrons. The Bertz CT molecular complexity index is 1160. The van der Waals surface area contributed by atoms with Gasteiger partial charge >= 0.3 is 5.97 Å². The van der Waals surface area contributed by atoms with Crippen LogP contribution in [0.3, 0.4) is 0 Å². The quantitative estimate of drug-likeness (QED) is 0.388. The van der Waals surface area contributed by atoms with Gasteiger partial charge in [-0.25, -0.2) is 19.4 Å². The summed E-state index contributed by atoms with van der Waals surface area (Å²) in [7, 11) is 3.19. The molecule has 31 heavy (non-hydrogen) atoms. The Labute approximate surface area is 183 Å². The second kappa shape index (κ2) is 9.40. The van der Waals surface area contributed by atoms with E-state index in [0.717, 1.165) is 16.1 Å². The molecule has 2 aromatic carbocycles. The van der Waals surface area contributed by atoms with Crippen molar-refractivity contribution in [2.75, 3.05) is 14.2 Å². The van der Waals surface area contributed by atoms with Crippen molar-refractivity contribution in [1.82, 2.24) is 19.7 Å². The van der Waals surface area contributed by atoms with Crippen molar-refractivity contribution >= 4 is 17.3 Å². The van der Waals surface area contributed by atoms with E-state index in [9.17, 15) is 4.79 Å². The average Bonchev–Trinajstić information content (AvgIpc) is 3.50. The summed E-state index contributed by atoms with van der Waals surface area (Å²) in [5.74, 6) is 0.896. The molecule has 9 heteroatoms. The molecular weight excluding hydrogens is 416 g/mol. The summed E-state index contributed by atoms with van der Waals surface area (Å²) in [6, 6.07) is 12.8. The molecule has 0 spiro atoms. The number of methoxy groups -OCH3 is 2. The van der Waals surface area contributed by atoms with Crippen molar-refractivity contribution in [1.29, 1.82) is 0 Å². The fourth-order valence-corrected chi connectivity index (χ4v) is 3.75. The van der Waals surface area contributed by atoms with Gasteiger partial charge in [0.25, 0.3) is 0 Å². The van der Waals surface area contributed by atoms with Crippen molar-refractivity contribution in [3.63, 3.8) is 0 Å². The number of ether oxygens (including phenoxy) is 3. The van der Waals surface area contributed by atoms with Crippen LogP contribution >= 0.6 is 11.3 Å². The first kappa shape index (κ1) is 20.5. The van der Waals surface area contributed by atoms with Gasteiger partial charge < -0.3 is 14.2 Å². The SMILES string of the molecule is COc1ccc(-c2nc(COC(=O)c3ccc(Cn4cncn4)cc3)cs2)cc1OC. The van der Waals surface area contributed by atoms with E-state index in [1.165, 1.54) is 17.7 Å². The minimum absolute atomic E-state index is 0.101. The maximum atomic E-state index is 12.4. The highest BCUT2D eigenvalue weighted by molar-refractivity contribution is 7.13. The molecule has 0 fully saturated rings. The summed E-state index contributed by atoms with van der Waals surface area (Å²) < 4.78 is 17.7. The van der Waals surface area contributed by atoms with E-state index in [2.05, 4.69) is 15.1 Å². The van der Waals surface area contributed by atoms with Gasteiger partial charge in [-0.2, -0.15) is 5.10 Å². The number of hydrogen-bond donors (Lipinski definition) is 0. The number of esters is 1. The van der Waals surface area contributed by atoms with Crippen LogP contribution in [0.4, 0.5) is 0 Å². The summed E-state index contributed by atoms with van der Waals surface area (Å²) in [5.41, 5.74) is 3.09. The first-order valence-corrected chi connectivity index (χ1v) is 10.3. The molecule has 0 atom stereocenters. The monoisotopic (exact) mass is 436 g/mol. The van der Waals surface area contributed by atoms with Crippen LogP contribution < -0.4 is 9.47 Å². The number of rotatable bonds is 8. The van der Waals surface area contributed by atoms with Crippen LogP contribution in [0.2, 0.25) is 0 Å². The van der Waals surface area contributed by atoms with Crippen LogP contribution in [-0.2, 0) is 17.9 Å². The van der Waals surface area contributed by atoms with E-state index in [1.807, 2.05) is 35.7 Å². The van der Waals surface area contributed by atoms with Crippen molar-refractivity contribution in [2.45, 2.75) is 13.2 Å². The topological polar surface area (TPSA) is 88.4 Å². The van der Waals surface area contributed by atoms with E-state index in [1.54, 1.807) is 37.4 Å². The number of hydrogen-bond acceptors (Lipinski definition) is 8. The van der Waals surface area contributed by atoms with Crippen LogP contribution in [0.25, 0.3) is 10.6 Å². The Balaban J connectivity index is 1.36. The third kappa shape index (κ3) is 4.89. The van der Waals surface area contributed by atoms with Crippen molar-refractivity contribution in [2.24, 2.45) is 0 Å². The zero-order valence-corrected chi connectivity index (χ0v) is 17.8. The molecule has 0 amide bonds. The Hall–Kier alpha value is -3.72. The Morgan fingerprint density at radius 2 is 1.87 bits per heavy atom. The zero-order valence-electron chi connectivity index (χ0n) is 17.0. The van der Waals surface area contributed by atoms with E-state index >= 15 is 0 Å². The van der Waals surface area contributed by atoms with Crippen molar-refractivity contribution in [3.05, 3.63) is 77.3 Å². The maximum Gasteiger partial charge on any atom is 0.338 e. The molecule has 0 saturated carbocycles. The summed E-state index contributed by atoms with van der Waals surface area (Å²) in [5, 5.41) is 6.75. The molecule has 8 nitrogen and oxygen atoms in total. The number of thiazole rings is 1. The molecule has 0 aliphatic rings. The molecule has 2 heterocycles. The van der Waals surface area contributed by atoms with Gasteiger partial charge in [0.1, 0.15) is 24.3 Å². The highest BCUT2D eigenvalue weighted by Crippen LogP contribution is 2.33. The highest BCUT2D eigenvalue weighted by Gasteiger charge is 2.12. The normalized spacial score (nSPS) is 10.6. The standard InChI is InChI=1S/C22H20N4O4S/c1-28-19-8-7-17(9-20(19)29-2)21-25-18(12-31-21)11-30-22(27)16-5-3-15(4-6-16)10-26-14-23-13-24-26/h3-9,12-14H,10-11H2,1-2H3. The summed E-state index contributed by atoms with van der Waals surface area (Å²) in [6.07, 6.45) is 3.13. The molecule has 0 bridgehead atoms. The van der Waals surface area contributed by atoms with Gasteiger partial charge in [-0.1, -0.05) is 12.1 Å². The largest absolute Gasteiger partial charge is 0.493 e. The lowest BCUT2D eigenvalue weighted by Crippen LogP contribution is -2.06. The van der Waals surface area contributed by atoms with Crippen molar-refractivity contribution < 1.29 is 19.0 Å². The summed E-state index contributed by atoms with van der Waals surface area (Å²) >= 11 is 1.47. The van der Waals surface area contributed by atoms with Crippen LogP contribution in [-0.4, -0.2) is 39.9 Å². The number of aromatic nitrogens is 4. The lowest BCUT2D eigenvalue weighted by molar-refractivity contribution is 0.0468. The lowest BCUT2D eigenvalue weighted by Gasteiger charge is -2.08. The fraction of sp³-hybridized carbons (Fsp3) is 0.182. The van der Waals surface area contributed by atoms with Gasteiger partial charge in [0, 0.05) is 10.9 Å². The molecule has 0 unspecified atom stereocenters. The molecule has 158 valence electrons. The van der Waals surface area contributed by atoms with Gasteiger partial charge in [-0.05, 0) is 35.9 Å². The fourth-order valence-electron chi connectivity index (χ4n) is 2.95. The zero-order chi connectivity index (χ0) is 21.6. The molecule has 2 aromatic heterocycles. The minimum Gasteiger partial charge on any atom is -0.493 e. The number of nitrogens with zero attached hydrogens (tertiary/aromatic N) is 4. The summed E-state index contributed by atoms with van der Waals surface area (Å²) in [6.45, 7) is 0.691. The van der Waals surface area contributed by atoms with Gasteiger partial charge in [0.2, 0.25) is 0 Å². The number of carbonyl (C=O) groups excluding carboxylic acids is 1. The second-order valence-corrected chi connectivity index (χ2v) is 7.44. The maximum absolute atomic E-state index is 12.4. The van der Waals surface area contributed by atoms with Crippen LogP contribution in [0.1, 0.15) is 21.6 Å². The third-order valence-corrected chi connectivity index (χ3v) is 5.47. The van der Waals surface area contributed by atoms with E-state index in [0.29, 0.717) is 29.3 Å². The minimum atomic E-state index is -0.395. The predicted molar refractivity (Wildman–Crippen MR) is 115 cm³/mol. The molecule has 0 aliphatic carbocycles. The predicted octanol–water partition coefficient (Wildman–Crippen LogP) is 3.82. The van der Waals surface area contributed by atoms with Gasteiger partial charge in [-0.3, -0.25) is 0 Å². The lowest BCUT2D eigenvalue weighted by atomic mass is 10.1. The van der Waals surface area contributed by atoms with Crippen LogP contribution in [0, 0.1) is 0 Å². The Morgan fingerprint density at radius 3 is 2.58 bits per heavy atom. The molecule has 0 aliphatic heterocycles. The van der Waals surface area contributed by atoms with E-state index in [-0.39, 0.29) is 6.61 Å². The van der Waals surface area contributed by atoms with Crippen molar-refractivity contribution in [3.8, 4) is 22.1 Å². The number of benzene rings is 2. The van der Waals surface area contributed by atoms with Gasteiger partial charge in [-0.15, -0.1) is 11.3 Å². The molecule has 0 saturated heterocycles. The van der Waals surface area contributed by atoms with Gasteiger partial charge in [0.15, 0.2) is 11.5 Å². The number of carbonyl (C=O) groups is 1. The van der Waals surface area contributed by atoms with Crippen LogP contribution in [0.15, 0.2) is 60.5 Å². The summed E-state index contributed by atoms with van der Waals surface area (Å²) in [4.78, 5) is 20.9.